The molecule has 5 heteroatoms. The molecule has 1 aromatic carbocycles. The Kier molecular flexibility index (Phi) is 5.20. The van der Waals surface area contributed by atoms with Gasteiger partial charge in [0, 0.05) is 24.6 Å². The second-order valence-corrected chi connectivity index (χ2v) is 6.28. The first kappa shape index (κ1) is 16.6. The highest BCUT2D eigenvalue weighted by atomic mass is 16.5. The second kappa shape index (κ2) is 7.53. The van der Waals surface area contributed by atoms with E-state index in [9.17, 15) is 4.79 Å². The molecule has 2 aromatic rings. The van der Waals surface area contributed by atoms with Crippen LogP contribution in [0.4, 0.5) is 0 Å². The van der Waals surface area contributed by atoms with Gasteiger partial charge in [-0.1, -0.05) is 6.92 Å². The molecule has 0 aliphatic heterocycles. The molecule has 128 valence electrons. The number of amides is 1. The third-order valence-corrected chi connectivity index (χ3v) is 4.40. The van der Waals surface area contributed by atoms with E-state index in [0.29, 0.717) is 31.1 Å². The largest absolute Gasteiger partial charge is 0.497 e. The molecule has 0 radical (unpaired) electrons. The van der Waals surface area contributed by atoms with Crippen LogP contribution in [0.1, 0.15) is 41.1 Å². The van der Waals surface area contributed by atoms with Crippen molar-refractivity contribution in [2.45, 2.75) is 25.8 Å². The molecule has 1 saturated carbocycles. The predicted octanol–water partition coefficient (Wildman–Crippen LogP) is 2.93. The molecule has 1 heterocycles. The topological polar surface area (TPSA) is 63.5 Å². The third-order valence-electron chi connectivity index (χ3n) is 4.40. The Balaban J connectivity index is 1.34. The van der Waals surface area contributed by atoms with E-state index in [0.717, 1.165) is 23.2 Å². The van der Waals surface area contributed by atoms with Crippen molar-refractivity contribution in [1.29, 1.82) is 0 Å². The van der Waals surface area contributed by atoms with Crippen LogP contribution in [0, 0.1) is 5.92 Å². The Labute approximate surface area is 142 Å². The van der Waals surface area contributed by atoms with E-state index in [1.807, 2.05) is 6.07 Å². The van der Waals surface area contributed by atoms with Crippen molar-refractivity contribution < 1.29 is 13.9 Å². The lowest BCUT2D eigenvalue weighted by Gasteiger charge is -2.07. The third kappa shape index (κ3) is 4.17. The van der Waals surface area contributed by atoms with Gasteiger partial charge in [0.05, 0.1) is 13.7 Å². The number of hydrogen-bond acceptors (Lipinski definition) is 4. The molecule has 1 aromatic heterocycles. The van der Waals surface area contributed by atoms with Crippen LogP contribution in [-0.2, 0) is 6.54 Å². The highest BCUT2D eigenvalue weighted by molar-refractivity contribution is 5.94. The van der Waals surface area contributed by atoms with Crippen LogP contribution >= 0.6 is 0 Å². The summed E-state index contributed by atoms with van der Waals surface area (Å²) in [5, 5.41) is 6.17. The van der Waals surface area contributed by atoms with Crippen molar-refractivity contribution in [2.75, 3.05) is 20.2 Å². The van der Waals surface area contributed by atoms with Gasteiger partial charge in [-0.05, 0) is 48.7 Å². The molecule has 1 aliphatic carbocycles. The summed E-state index contributed by atoms with van der Waals surface area (Å²) < 4.78 is 10.9. The fourth-order valence-electron chi connectivity index (χ4n) is 2.73. The maximum Gasteiger partial charge on any atom is 0.251 e. The van der Waals surface area contributed by atoms with Crippen molar-refractivity contribution in [2.24, 2.45) is 5.92 Å². The number of carbonyl (C=O) groups is 1. The van der Waals surface area contributed by atoms with E-state index in [2.05, 4.69) is 23.6 Å². The van der Waals surface area contributed by atoms with Gasteiger partial charge in [-0.15, -0.1) is 0 Å². The van der Waals surface area contributed by atoms with Gasteiger partial charge >= 0.3 is 0 Å². The average molecular weight is 328 g/mol. The minimum absolute atomic E-state index is 0.0811. The molecule has 1 amide bonds. The van der Waals surface area contributed by atoms with Crippen molar-refractivity contribution in [1.82, 2.24) is 10.6 Å². The van der Waals surface area contributed by atoms with Gasteiger partial charge < -0.3 is 19.8 Å². The molecule has 3 rings (SSSR count). The Morgan fingerprint density at radius 1 is 1.21 bits per heavy atom. The molecular formula is C19H24N2O3. The minimum atomic E-state index is -0.0811. The lowest BCUT2D eigenvalue weighted by molar-refractivity contribution is 0.0954. The normalized spacial score (nSPS) is 19.1. The molecule has 24 heavy (non-hydrogen) atoms. The van der Waals surface area contributed by atoms with Crippen LogP contribution in [0.3, 0.4) is 0 Å². The first-order chi connectivity index (χ1) is 11.7. The summed E-state index contributed by atoms with van der Waals surface area (Å²) in [5.74, 6) is 4.08. The summed E-state index contributed by atoms with van der Waals surface area (Å²) in [6, 6.07) is 11.2. The summed E-state index contributed by atoms with van der Waals surface area (Å²) in [7, 11) is 1.61. The number of carbonyl (C=O) groups excluding carboxylic acids is 1. The number of rotatable bonds is 8. The quantitative estimate of drug-likeness (QED) is 0.731. The zero-order valence-corrected chi connectivity index (χ0v) is 14.2. The number of methoxy groups -OCH3 is 1. The first-order valence-electron chi connectivity index (χ1n) is 8.39. The maximum atomic E-state index is 12.0. The molecule has 1 fully saturated rings. The van der Waals surface area contributed by atoms with Crippen molar-refractivity contribution in [3.63, 3.8) is 0 Å². The number of nitrogens with one attached hydrogen (secondary N) is 2. The van der Waals surface area contributed by atoms with Gasteiger partial charge in [-0.2, -0.15) is 0 Å². The van der Waals surface area contributed by atoms with E-state index in [4.69, 9.17) is 9.15 Å². The number of benzene rings is 1. The van der Waals surface area contributed by atoms with E-state index in [1.54, 1.807) is 31.4 Å². The zero-order valence-electron chi connectivity index (χ0n) is 14.2. The van der Waals surface area contributed by atoms with Crippen molar-refractivity contribution in [3.05, 3.63) is 53.5 Å². The van der Waals surface area contributed by atoms with E-state index in [-0.39, 0.29) is 5.91 Å². The van der Waals surface area contributed by atoms with Gasteiger partial charge in [0.1, 0.15) is 17.3 Å². The Morgan fingerprint density at radius 2 is 1.96 bits per heavy atom. The summed E-state index contributed by atoms with van der Waals surface area (Å²) in [6.45, 7) is 4.19. The van der Waals surface area contributed by atoms with Crippen LogP contribution in [0.15, 0.2) is 40.8 Å². The second-order valence-electron chi connectivity index (χ2n) is 6.28. The smallest absolute Gasteiger partial charge is 0.251 e. The van der Waals surface area contributed by atoms with Crippen LogP contribution in [0.5, 0.6) is 5.75 Å². The fraction of sp³-hybridized carbons (Fsp3) is 0.421. The van der Waals surface area contributed by atoms with Crippen molar-refractivity contribution in [3.8, 4) is 5.75 Å². The van der Waals surface area contributed by atoms with Gasteiger partial charge in [-0.25, -0.2) is 0 Å². The van der Waals surface area contributed by atoms with Crippen LogP contribution in [-0.4, -0.2) is 26.1 Å². The SMILES string of the molecule is COc1ccc(C(=O)NCCNCc2ccc(C3CC3C)o2)cc1. The minimum Gasteiger partial charge on any atom is -0.497 e. The zero-order chi connectivity index (χ0) is 16.9. The van der Waals surface area contributed by atoms with E-state index < -0.39 is 0 Å². The molecular weight excluding hydrogens is 304 g/mol. The van der Waals surface area contributed by atoms with Gasteiger partial charge in [0.15, 0.2) is 0 Å². The number of furan rings is 1. The molecule has 0 saturated heterocycles. The molecule has 2 atom stereocenters. The summed E-state index contributed by atoms with van der Waals surface area (Å²) in [6.07, 6.45) is 1.23. The molecule has 2 unspecified atom stereocenters. The van der Waals surface area contributed by atoms with Crippen LogP contribution in [0.2, 0.25) is 0 Å². The monoisotopic (exact) mass is 328 g/mol. The highest BCUT2D eigenvalue weighted by Gasteiger charge is 2.36. The molecule has 2 N–H and O–H groups in total. The average Bonchev–Trinajstić information content (AvgIpc) is 3.15. The lowest BCUT2D eigenvalue weighted by atomic mass is 10.2. The lowest BCUT2D eigenvalue weighted by Crippen LogP contribution is -2.31. The van der Waals surface area contributed by atoms with Gasteiger partial charge in [0.25, 0.3) is 5.91 Å². The Hall–Kier alpha value is -2.27. The number of hydrogen-bond donors (Lipinski definition) is 2. The summed E-state index contributed by atoms with van der Waals surface area (Å²) >= 11 is 0. The van der Waals surface area contributed by atoms with Crippen LogP contribution in [0.25, 0.3) is 0 Å². The molecule has 1 aliphatic rings. The fourth-order valence-corrected chi connectivity index (χ4v) is 2.73. The van der Waals surface area contributed by atoms with Gasteiger partial charge in [-0.3, -0.25) is 4.79 Å². The predicted molar refractivity (Wildman–Crippen MR) is 92.3 cm³/mol. The summed E-state index contributed by atoms with van der Waals surface area (Å²) in [5.41, 5.74) is 0.630. The van der Waals surface area contributed by atoms with Gasteiger partial charge in [0.2, 0.25) is 0 Å². The van der Waals surface area contributed by atoms with Crippen LogP contribution < -0.4 is 15.4 Å². The van der Waals surface area contributed by atoms with E-state index >= 15 is 0 Å². The Morgan fingerprint density at radius 3 is 2.62 bits per heavy atom. The molecule has 0 spiro atoms. The highest BCUT2D eigenvalue weighted by Crippen LogP contribution is 2.47. The first-order valence-corrected chi connectivity index (χ1v) is 8.39. The Bertz CT molecular complexity index is 678. The molecule has 5 nitrogen and oxygen atoms in total. The summed E-state index contributed by atoms with van der Waals surface area (Å²) in [4.78, 5) is 12.0. The molecule has 0 bridgehead atoms. The standard InChI is InChI=1S/C19H24N2O3/c1-13-11-17(13)18-8-7-16(24-18)12-20-9-10-21-19(22)14-3-5-15(23-2)6-4-14/h3-8,13,17,20H,9-12H2,1-2H3,(H,21,22). The number of ether oxygens (including phenoxy) is 1. The maximum absolute atomic E-state index is 12.0. The van der Waals surface area contributed by atoms with Crippen molar-refractivity contribution >= 4 is 5.91 Å². The van der Waals surface area contributed by atoms with E-state index in [1.165, 1.54) is 6.42 Å².